The van der Waals surface area contributed by atoms with Crippen LogP contribution in [0.15, 0.2) is 72.3 Å². The smallest absolute Gasteiger partial charge is 0.328 e. The van der Waals surface area contributed by atoms with Crippen molar-refractivity contribution in [2.45, 2.75) is 32.1 Å². The molecule has 0 aromatic heterocycles. The Hall–Kier alpha value is -2.65. The molecular formula is C24H27NO2. The van der Waals surface area contributed by atoms with E-state index in [0.29, 0.717) is 0 Å². The summed E-state index contributed by atoms with van der Waals surface area (Å²) in [6.45, 7) is 2.50. The van der Waals surface area contributed by atoms with Crippen molar-refractivity contribution in [1.82, 2.24) is 5.32 Å². The number of carbonyl (C=O) groups is 1. The van der Waals surface area contributed by atoms with E-state index < -0.39 is 5.97 Å². The Balaban J connectivity index is 0.000000364. The summed E-state index contributed by atoms with van der Waals surface area (Å²) >= 11 is 0. The van der Waals surface area contributed by atoms with Crippen LogP contribution in [0, 0.1) is 0 Å². The van der Waals surface area contributed by atoms with Gasteiger partial charge in [0, 0.05) is 6.08 Å². The Bertz CT molecular complexity index is 810. The zero-order valence-electron chi connectivity index (χ0n) is 15.7. The number of hydrogen-bond donors (Lipinski definition) is 2. The van der Waals surface area contributed by atoms with Gasteiger partial charge in [-0.05, 0) is 73.0 Å². The summed E-state index contributed by atoms with van der Waals surface area (Å²) in [5.74, 6) is -0.898. The van der Waals surface area contributed by atoms with Crippen LogP contribution in [0.25, 0.3) is 5.57 Å². The zero-order valence-corrected chi connectivity index (χ0v) is 15.7. The van der Waals surface area contributed by atoms with Crippen LogP contribution in [0.4, 0.5) is 0 Å². The molecule has 0 amide bonds. The maximum absolute atomic E-state index is 10.8. The van der Waals surface area contributed by atoms with Gasteiger partial charge in [-0.3, -0.25) is 0 Å². The highest BCUT2D eigenvalue weighted by molar-refractivity contribution is 5.83. The molecule has 1 aliphatic heterocycles. The molecule has 0 saturated carbocycles. The summed E-state index contributed by atoms with van der Waals surface area (Å²) in [6.07, 6.45) is 8.47. The van der Waals surface area contributed by atoms with Gasteiger partial charge in [-0.25, -0.2) is 4.79 Å². The molecule has 0 spiro atoms. The molecule has 0 unspecified atom stereocenters. The highest BCUT2D eigenvalue weighted by Crippen LogP contribution is 2.34. The monoisotopic (exact) mass is 361 g/mol. The second-order valence-electron chi connectivity index (χ2n) is 6.95. The van der Waals surface area contributed by atoms with Crippen LogP contribution in [-0.2, 0) is 17.6 Å². The van der Waals surface area contributed by atoms with Gasteiger partial charge in [0.05, 0.1) is 0 Å². The van der Waals surface area contributed by atoms with Gasteiger partial charge in [0.15, 0.2) is 0 Å². The maximum Gasteiger partial charge on any atom is 0.328 e. The van der Waals surface area contributed by atoms with Gasteiger partial charge in [-0.2, -0.15) is 0 Å². The van der Waals surface area contributed by atoms with Gasteiger partial charge < -0.3 is 10.4 Å². The highest BCUT2D eigenvalue weighted by atomic mass is 16.4. The number of nitrogens with one attached hydrogen (secondary N) is 1. The fraction of sp³-hybridized carbons (Fsp3) is 0.292. The number of carboxylic acids is 1. The molecule has 2 aromatic carbocycles. The van der Waals surface area contributed by atoms with E-state index in [4.69, 9.17) is 5.11 Å². The first-order valence-electron chi connectivity index (χ1n) is 9.70. The maximum atomic E-state index is 10.8. The van der Waals surface area contributed by atoms with Crippen LogP contribution >= 0.6 is 0 Å². The number of hydrogen-bond acceptors (Lipinski definition) is 2. The Morgan fingerprint density at radius 1 is 0.963 bits per heavy atom. The van der Waals surface area contributed by atoms with E-state index >= 15 is 0 Å². The second-order valence-corrected chi connectivity index (χ2v) is 6.95. The number of rotatable bonds is 4. The molecule has 2 N–H and O–H groups in total. The predicted octanol–water partition coefficient (Wildman–Crippen LogP) is 4.64. The van der Waals surface area contributed by atoms with E-state index in [9.17, 15) is 4.79 Å². The fourth-order valence-electron chi connectivity index (χ4n) is 3.62. The third-order valence-electron chi connectivity index (χ3n) is 5.00. The minimum atomic E-state index is -0.898. The molecule has 1 aliphatic carbocycles. The van der Waals surface area contributed by atoms with Crippen molar-refractivity contribution in [3.05, 3.63) is 89.0 Å². The molecule has 0 bridgehead atoms. The van der Waals surface area contributed by atoms with Crippen LogP contribution < -0.4 is 5.32 Å². The normalized spacial score (nSPS) is 16.0. The summed E-state index contributed by atoms with van der Waals surface area (Å²) in [4.78, 5) is 10.8. The van der Waals surface area contributed by atoms with E-state index in [2.05, 4.69) is 35.6 Å². The standard InChI is InChI=1S/C20H18O2.C4H9N/c21-20(22)13-12-17-11-10-16-8-4-5-9-18(16)19(17)14-15-6-2-1-3-7-15;1-2-4-5-3-1/h1-9,12-13H,10-11,14H2,(H,21,22);5H,1-4H2/b13-12+;. The molecule has 27 heavy (non-hydrogen) atoms. The Kier molecular flexibility index (Phi) is 7.00. The number of aliphatic carboxylic acids is 1. The topological polar surface area (TPSA) is 49.3 Å². The van der Waals surface area contributed by atoms with Crippen molar-refractivity contribution in [2.75, 3.05) is 13.1 Å². The number of fused-ring (bicyclic) bond motifs is 1. The molecule has 0 radical (unpaired) electrons. The van der Waals surface area contributed by atoms with Crippen molar-refractivity contribution >= 4 is 11.5 Å². The summed E-state index contributed by atoms with van der Waals surface area (Å²) in [6, 6.07) is 18.7. The van der Waals surface area contributed by atoms with Crippen molar-refractivity contribution in [1.29, 1.82) is 0 Å². The molecule has 2 aromatic rings. The van der Waals surface area contributed by atoms with Crippen LogP contribution in [0.2, 0.25) is 0 Å². The average molecular weight is 361 g/mol. The lowest BCUT2D eigenvalue weighted by Gasteiger charge is -2.22. The fourth-order valence-corrected chi connectivity index (χ4v) is 3.62. The lowest BCUT2D eigenvalue weighted by molar-refractivity contribution is -0.131. The van der Waals surface area contributed by atoms with Crippen molar-refractivity contribution < 1.29 is 9.90 Å². The van der Waals surface area contributed by atoms with Crippen molar-refractivity contribution in [2.24, 2.45) is 0 Å². The molecular weight excluding hydrogens is 334 g/mol. The number of benzene rings is 2. The molecule has 140 valence electrons. The first-order chi connectivity index (χ1) is 13.2. The molecule has 1 fully saturated rings. The minimum absolute atomic E-state index is 0.831. The summed E-state index contributed by atoms with van der Waals surface area (Å²) in [5.41, 5.74) is 6.22. The van der Waals surface area contributed by atoms with Crippen molar-refractivity contribution in [3.63, 3.8) is 0 Å². The number of carboxylic acid groups (broad SMARTS) is 1. The Morgan fingerprint density at radius 3 is 2.33 bits per heavy atom. The van der Waals surface area contributed by atoms with E-state index in [1.807, 2.05) is 24.3 Å². The van der Waals surface area contributed by atoms with Gasteiger partial charge in [0.25, 0.3) is 0 Å². The lowest BCUT2D eigenvalue weighted by atomic mass is 9.82. The molecule has 0 atom stereocenters. The van der Waals surface area contributed by atoms with Gasteiger partial charge in [0.2, 0.25) is 0 Å². The third kappa shape index (κ3) is 5.66. The van der Waals surface area contributed by atoms with Crippen LogP contribution in [0.5, 0.6) is 0 Å². The third-order valence-corrected chi connectivity index (χ3v) is 5.00. The highest BCUT2D eigenvalue weighted by Gasteiger charge is 2.17. The largest absolute Gasteiger partial charge is 0.478 e. The molecule has 2 aliphatic rings. The quantitative estimate of drug-likeness (QED) is 0.780. The van der Waals surface area contributed by atoms with Gasteiger partial charge >= 0.3 is 5.97 Å². The Morgan fingerprint density at radius 2 is 1.67 bits per heavy atom. The van der Waals surface area contributed by atoms with Gasteiger partial charge in [-0.1, -0.05) is 60.7 Å². The first-order valence-corrected chi connectivity index (χ1v) is 9.70. The zero-order chi connectivity index (χ0) is 18.9. The minimum Gasteiger partial charge on any atom is -0.478 e. The average Bonchev–Trinajstić information content (AvgIpc) is 3.28. The van der Waals surface area contributed by atoms with Gasteiger partial charge in [0.1, 0.15) is 0 Å². The molecule has 1 saturated heterocycles. The number of aryl methyl sites for hydroxylation is 1. The lowest BCUT2D eigenvalue weighted by Crippen LogP contribution is -2.06. The van der Waals surface area contributed by atoms with Gasteiger partial charge in [-0.15, -0.1) is 0 Å². The molecule has 4 rings (SSSR count). The second kappa shape index (κ2) is 9.89. The van der Waals surface area contributed by atoms with Crippen LogP contribution in [0.1, 0.15) is 36.0 Å². The Labute approximate surface area is 161 Å². The van der Waals surface area contributed by atoms with Crippen molar-refractivity contribution in [3.8, 4) is 0 Å². The van der Waals surface area contributed by atoms with E-state index in [1.54, 1.807) is 6.08 Å². The number of allylic oxidation sites excluding steroid dienone is 3. The summed E-state index contributed by atoms with van der Waals surface area (Å²) in [5, 5.41) is 12.1. The molecule has 3 heteroatoms. The summed E-state index contributed by atoms with van der Waals surface area (Å²) in [7, 11) is 0. The van der Waals surface area contributed by atoms with Crippen LogP contribution in [0.3, 0.4) is 0 Å². The first kappa shape index (κ1) is 19.1. The molecule has 3 nitrogen and oxygen atoms in total. The SMILES string of the molecule is C1CCNC1.O=C(O)/C=C/C1=C(Cc2ccccc2)c2ccccc2CC1. The van der Waals surface area contributed by atoms with E-state index in [0.717, 1.165) is 24.8 Å². The predicted molar refractivity (Wildman–Crippen MR) is 111 cm³/mol. The summed E-state index contributed by atoms with van der Waals surface area (Å²) < 4.78 is 0. The van der Waals surface area contributed by atoms with Crippen LogP contribution in [-0.4, -0.2) is 24.2 Å². The van der Waals surface area contributed by atoms with E-state index in [-0.39, 0.29) is 0 Å². The molecule has 1 heterocycles. The van der Waals surface area contributed by atoms with E-state index in [1.165, 1.54) is 54.3 Å².